The van der Waals surface area contributed by atoms with Crippen LogP contribution < -0.4 is 10.6 Å². The third-order valence-electron chi connectivity index (χ3n) is 3.88. The minimum Gasteiger partial charge on any atom is -0.340 e. The predicted molar refractivity (Wildman–Crippen MR) is 83.6 cm³/mol. The van der Waals surface area contributed by atoms with Crippen LogP contribution in [0.1, 0.15) is 33.6 Å². The molecule has 1 saturated heterocycles. The number of nitrogens with one attached hydrogen (secondary N) is 2. The van der Waals surface area contributed by atoms with Gasteiger partial charge in [0.05, 0.1) is 0 Å². The van der Waals surface area contributed by atoms with Crippen molar-refractivity contribution in [1.82, 2.24) is 10.6 Å². The Morgan fingerprint density at radius 1 is 1.27 bits per heavy atom. The summed E-state index contributed by atoms with van der Waals surface area (Å²) < 4.78 is 0. The highest BCUT2D eigenvalue weighted by Crippen LogP contribution is 2.29. The van der Waals surface area contributed by atoms with Gasteiger partial charge in [0.2, 0.25) is 11.8 Å². The highest BCUT2D eigenvalue weighted by molar-refractivity contribution is 6.04. The molecule has 2 rings (SSSR count). The summed E-state index contributed by atoms with van der Waals surface area (Å²) in [4.78, 5) is 35.1. The van der Waals surface area contributed by atoms with Gasteiger partial charge in [-0.15, -0.1) is 0 Å². The van der Waals surface area contributed by atoms with Crippen molar-refractivity contribution in [2.45, 2.75) is 39.7 Å². The Hall–Kier alpha value is -2.17. The molecule has 5 heteroatoms. The lowest BCUT2D eigenvalue weighted by Crippen LogP contribution is -2.52. The number of piperidine rings is 1. The first-order valence-electron chi connectivity index (χ1n) is 7.48. The van der Waals surface area contributed by atoms with Gasteiger partial charge in [0.1, 0.15) is 6.04 Å². The lowest BCUT2D eigenvalue weighted by Gasteiger charge is -2.25. The van der Waals surface area contributed by atoms with E-state index in [1.165, 1.54) is 0 Å². The van der Waals surface area contributed by atoms with Crippen molar-refractivity contribution in [2.75, 3.05) is 0 Å². The van der Waals surface area contributed by atoms with Gasteiger partial charge < -0.3 is 5.32 Å². The zero-order valence-electron chi connectivity index (χ0n) is 13.2. The lowest BCUT2D eigenvalue weighted by atomic mass is 9.80. The Morgan fingerprint density at radius 3 is 2.64 bits per heavy atom. The Kier molecular flexibility index (Phi) is 4.64. The fourth-order valence-electron chi connectivity index (χ4n) is 2.41. The van der Waals surface area contributed by atoms with E-state index in [2.05, 4.69) is 37.5 Å². The van der Waals surface area contributed by atoms with Crippen molar-refractivity contribution in [3.63, 3.8) is 0 Å². The van der Waals surface area contributed by atoms with Crippen LogP contribution in [0.15, 0.2) is 36.0 Å². The topological polar surface area (TPSA) is 75.3 Å². The molecule has 2 N–H and O–H groups in total. The molecule has 0 radical (unpaired) electrons. The van der Waals surface area contributed by atoms with Crippen LogP contribution in [0.3, 0.4) is 0 Å². The van der Waals surface area contributed by atoms with Gasteiger partial charge in [-0.25, -0.2) is 0 Å². The second-order valence-corrected chi connectivity index (χ2v) is 6.73. The average molecular weight is 302 g/mol. The molecule has 2 atom stereocenters. The SMILES string of the molecule is CC(C)(C)C1C=CC=C(C(=O)NC2CCC(=O)NC2=O)C=C1. The molecule has 3 amide bonds. The number of hydrogen-bond donors (Lipinski definition) is 2. The van der Waals surface area contributed by atoms with Gasteiger partial charge in [0, 0.05) is 17.9 Å². The monoisotopic (exact) mass is 302 g/mol. The molecule has 118 valence electrons. The number of imide groups is 1. The van der Waals surface area contributed by atoms with E-state index in [0.717, 1.165) is 0 Å². The van der Waals surface area contributed by atoms with E-state index in [0.29, 0.717) is 12.0 Å². The summed E-state index contributed by atoms with van der Waals surface area (Å²) >= 11 is 0. The van der Waals surface area contributed by atoms with E-state index in [1.807, 2.05) is 12.2 Å². The maximum Gasteiger partial charge on any atom is 0.251 e. The molecule has 0 spiro atoms. The van der Waals surface area contributed by atoms with E-state index in [4.69, 9.17) is 0 Å². The minimum atomic E-state index is -0.648. The zero-order valence-corrected chi connectivity index (χ0v) is 13.2. The maximum atomic E-state index is 12.3. The Bertz CT molecular complexity index is 579. The first kappa shape index (κ1) is 16.2. The van der Waals surface area contributed by atoms with Gasteiger partial charge in [-0.1, -0.05) is 45.1 Å². The van der Waals surface area contributed by atoms with E-state index in [9.17, 15) is 14.4 Å². The number of hydrogen-bond acceptors (Lipinski definition) is 3. The summed E-state index contributed by atoms with van der Waals surface area (Å²) in [5.74, 6) is -0.791. The van der Waals surface area contributed by atoms with Crippen molar-refractivity contribution in [3.05, 3.63) is 36.0 Å². The summed E-state index contributed by atoms with van der Waals surface area (Å²) in [5.41, 5.74) is 0.587. The number of amides is 3. The number of carbonyl (C=O) groups is 3. The molecule has 0 aromatic rings. The first-order valence-corrected chi connectivity index (χ1v) is 7.48. The second-order valence-electron chi connectivity index (χ2n) is 6.73. The van der Waals surface area contributed by atoms with Crippen molar-refractivity contribution in [2.24, 2.45) is 11.3 Å². The van der Waals surface area contributed by atoms with E-state index in [1.54, 1.807) is 12.2 Å². The van der Waals surface area contributed by atoms with E-state index >= 15 is 0 Å². The van der Waals surface area contributed by atoms with Crippen molar-refractivity contribution >= 4 is 17.7 Å². The number of rotatable bonds is 2. The molecule has 0 aromatic heterocycles. The molecule has 5 nitrogen and oxygen atoms in total. The predicted octanol–water partition coefficient (Wildman–Crippen LogP) is 1.62. The van der Waals surface area contributed by atoms with Crippen molar-refractivity contribution < 1.29 is 14.4 Å². The third kappa shape index (κ3) is 3.93. The average Bonchev–Trinajstić information content (AvgIpc) is 2.67. The molecule has 0 saturated carbocycles. The molecular weight excluding hydrogens is 280 g/mol. The lowest BCUT2D eigenvalue weighted by molar-refractivity contribution is -0.136. The van der Waals surface area contributed by atoms with Crippen LogP contribution in [0.25, 0.3) is 0 Å². The molecule has 1 fully saturated rings. The van der Waals surface area contributed by atoms with Crippen LogP contribution in [0.5, 0.6) is 0 Å². The van der Waals surface area contributed by atoms with Crippen LogP contribution in [0.4, 0.5) is 0 Å². The Balaban J connectivity index is 2.02. The van der Waals surface area contributed by atoms with Crippen molar-refractivity contribution in [1.29, 1.82) is 0 Å². The molecule has 1 heterocycles. The molecule has 2 aliphatic rings. The minimum absolute atomic E-state index is 0.0797. The highest BCUT2D eigenvalue weighted by Gasteiger charge is 2.28. The summed E-state index contributed by atoms with van der Waals surface area (Å²) in [6.07, 6.45) is 10.0. The second kappa shape index (κ2) is 6.30. The summed E-state index contributed by atoms with van der Waals surface area (Å²) in [7, 11) is 0. The van der Waals surface area contributed by atoms with Gasteiger partial charge in [-0.3, -0.25) is 19.7 Å². The van der Waals surface area contributed by atoms with Gasteiger partial charge in [0.15, 0.2) is 0 Å². The van der Waals surface area contributed by atoms with Gasteiger partial charge in [-0.2, -0.15) is 0 Å². The van der Waals surface area contributed by atoms with Crippen LogP contribution in [-0.2, 0) is 14.4 Å². The summed E-state index contributed by atoms with van der Waals surface area (Å²) in [5, 5.41) is 4.92. The molecule has 1 aliphatic heterocycles. The Morgan fingerprint density at radius 2 is 2.00 bits per heavy atom. The molecule has 0 aromatic carbocycles. The summed E-state index contributed by atoms with van der Waals surface area (Å²) in [6.45, 7) is 6.42. The quantitative estimate of drug-likeness (QED) is 0.761. The van der Waals surface area contributed by atoms with Crippen LogP contribution in [0.2, 0.25) is 0 Å². The molecule has 22 heavy (non-hydrogen) atoms. The fraction of sp³-hybridized carbons (Fsp3) is 0.471. The number of allylic oxidation sites excluding steroid dienone is 4. The van der Waals surface area contributed by atoms with Crippen molar-refractivity contribution in [3.8, 4) is 0 Å². The third-order valence-corrected chi connectivity index (χ3v) is 3.88. The molecule has 1 aliphatic carbocycles. The smallest absolute Gasteiger partial charge is 0.251 e. The zero-order chi connectivity index (χ0) is 16.3. The van der Waals surface area contributed by atoms with Crippen LogP contribution in [0, 0.1) is 11.3 Å². The maximum absolute atomic E-state index is 12.3. The normalized spacial score (nSPS) is 25.3. The molecule has 2 unspecified atom stereocenters. The number of carbonyl (C=O) groups excluding carboxylic acids is 3. The largest absolute Gasteiger partial charge is 0.340 e. The van der Waals surface area contributed by atoms with Gasteiger partial charge in [-0.05, 0) is 17.9 Å². The summed E-state index contributed by atoms with van der Waals surface area (Å²) in [6, 6.07) is -0.648. The molecule has 0 bridgehead atoms. The van der Waals surface area contributed by atoms with Gasteiger partial charge in [0.25, 0.3) is 5.91 Å². The first-order chi connectivity index (χ1) is 10.3. The Labute approximate surface area is 130 Å². The fourth-order valence-corrected chi connectivity index (χ4v) is 2.41. The highest BCUT2D eigenvalue weighted by atomic mass is 16.2. The van der Waals surface area contributed by atoms with Crippen LogP contribution in [-0.4, -0.2) is 23.8 Å². The molecular formula is C17H22N2O3. The standard InChI is InChI=1S/C17H22N2O3/c1-17(2,3)12-6-4-5-11(7-8-12)15(21)18-13-9-10-14(20)19-16(13)22/h4-8,12-13H,9-10H2,1-3H3,(H,18,21)(H,19,20,22). The van der Waals surface area contributed by atoms with Gasteiger partial charge >= 0.3 is 0 Å². The van der Waals surface area contributed by atoms with Crippen LogP contribution >= 0.6 is 0 Å². The van der Waals surface area contributed by atoms with E-state index in [-0.39, 0.29) is 29.6 Å². The van der Waals surface area contributed by atoms with E-state index < -0.39 is 11.9 Å².